The molecule has 5 nitrogen and oxygen atoms in total. The fourth-order valence-electron chi connectivity index (χ4n) is 3.03. The van der Waals surface area contributed by atoms with E-state index in [1.807, 2.05) is 32.9 Å². The summed E-state index contributed by atoms with van der Waals surface area (Å²) in [4.78, 5) is 14.5. The molecule has 2 atom stereocenters. The van der Waals surface area contributed by atoms with Crippen LogP contribution in [0.4, 0.5) is 0 Å². The van der Waals surface area contributed by atoms with Crippen LogP contribution in [0.3, 0.4) is 0 Å². The van der Waals surface area contributed by atoms with Crippen molar-refractivity contribution in [2.24, 2.45) is 0 Å². The van der Waals surface area contributed by atoms with E-state index in [4.69, 9.17) is 4.74 Å². The topological polar surface area (TPSA) is 63.7 Å². The fraction of sp³-hybridized carbons (Fsp3) is 0.588. The first-order valence-corrected chi connectivity index (χ1v) is 11.7. The molecule has 0 spiro atoms. The monoisotopic (exact) mass is 495 g/mol. The lowest BCUT2D eigenvalue weighted by Gasteiger charge is -2.33. The van der Waals surface area contributed by atoms with E-state index in [0.717, 1.165) is 20.9 Å². The molecule has 2 rings (SSSR count). The second-order valence-electron chi connectivity index (χ2n) is 6.46. The van der Waals surface area contributed by atoms with Crippen LogP contribution in [-0.4, -0.2) is 49.4 Å². The molecule has 1 aliphatic rings. The first kappa shape index (κ1) is 20.7. The summed E-state index contributed by atoms with van der Waals surface area (Å²) in [7, 11) is -3.05. The Morgan fingerprint density at radius 3 is 2.44 bits per heavy atom. The summed E-state index contributed by atoms with van der Waals surface area (Å²) in [6, 6.07) is 3.54. The number of benzene rings is 1. The van der Waals surface area contributed by atoms with Crippen molar-refractivity contribution in [2.75, 3.05) is 18.1 Å². The Morgan fingerprint density at radius 1 is 1.36 bits per heavy atom. The van der Waals surface area contributed by atoms with Crippen LogP contribution in [0.25, 0.3) is 0 Å². The summed E-state index contributed by atoms with van der Waals surface area (Å²) >= 11 is 6.90. The number of amides is 1. The minimum Gasteiger partial charge on any atom is -0.481 e. The average molecular weight is 497 g/mol. The number of aryl methyl sites for hydroxylation is 1. The van der Waals surface area contributed by atoms with E-state index in [1.165, 1.54) is 0 Å². The first-order valence-electron chi connectivity index (χ1n) is 8.24. The lowest BCUT2D eigenvalue weighted by Crippen LogP contribution is -2.48. The Hall–Kier alpha value is -0.600. The van der Waals surface area contributed by atoms with Crippen LogP contribution in [0.5, 0.6) is 5.75 Å². The maximum absolute atomic E-state index is 12.8. The minimum absolute atomic E-state index is 0.0284. The zero-order valence-electron chi connectivity index (χ0n) is 14.6. The van der Waals surface area contributed by atoms with Gasteiger partial charge in [-0.2, -0.15) is 0 Å². The Bertz CT molecular complexity index is 728. The van der Waals surface area contributed by atoms with Crippen molar-refractivity contribution in [1.82, 2.24) is 4.90 Å². The number of hydrogen-bond donors (Lipinski definition) is 0. The molecule has 140 valence electrons. The summed E-state index contributed by atoms with van der Waals surface area (Å²) in [5.74, 6) is 0.576. The van der Waals surface area contributed by atoms with E-state index in [9.17, 15) is 13.2 Å². The second-order valence-corrected chi connectivity index (χ2v) is 10.4. The number of ether oxygens (including phenoxy) is 1. The van der Waals surface area contributed by atoms with Gasteiger partial charge in [0.15, 0.2) is 16.4 Å². The van der Waals surface area contributed by atoms with Gasteiger partial charge in [-0.3, -0.25) is 4.79 Å². The van der Waals surface area contributed by atoms with Gasteiger partial charge in [-0.15, -0.1) is 0 Å². The summed E-state index contributed by atoms with van der Waals surface area (Å²) in [5, 5.41) is 0. The molecule has 0 N–H and O–H groups in total. The Labute approximate surface area is 166 Å². The zero-order chi connectivity index (χ0) is 18.8. The van der Waals surface area contributed by atoms with Gasteiger partial charge in [0.2, 0.25) is 0 Å². The number of hydrogen-bond acceptors (Lipinski definition) is 4. The summed E-state index contributed by atoms with van der Waals surface area (Å²) in [5.41, 5.74) is 1.06. The van der Waals surface area contributed by atoms with E-state index in [0.29, 0.717) is 12.2 Å². The van der Waals surface area contributed by atoms with Crippen LogP contribution in [0.2, 0.25) is 0 Å². The van der Waals surface area contributed by atoms with Crippen molar-refractivity contribution in [3.63, 3.8) is 0 Å². The van der Waals surface area contributed by atoms with Crippen LogP contribution in [-0.2, 0) is 14.6 Å². The lowest BCUT2D eigenvalue weighted by atomic mass is 10.1. The molecule has 1 amide bonds. The number of nitrogens with zero attached hydrogens (tertiary/aromatic N) is 1. The van der Waals surface area contributed by atoms with Gasteiger partial charge in [-0.1, -0.05) is 6.92 Å². The fourth-order valence-corrected chi connectivity index (χ4v) is 6.39. The van der Waals surface area contributed by atoms with Gasteiger partial charge in [-0.05, 0) is 76.2 Å². The molecule has 1 saturated heterocycles. The largest absolute Gasteiger partial charge is 0.481 e. The van der Waals surface area contributed by atoms with Crippen molar-refractivity contribution < 1.29 is 17.9 Å². The predicted molar refractivity (Wildman–Crippen MR) is 106 cm³/mol. The number of carbonyl (C=O) groups excluding carboxylic acids is 1. The van der Waals surface area contributed by atoms with Crippen molar-refractivity contribution in [3.8, 4) is 5.75 Å². The van der Waals surface area contributed by atoms with Gasteiger partial charge in [0.05, 0.1) is 20.5 Å². The van der Waals surface area contributed by atoms with E-state index >= 15 is 0 Å². The molecule has 1 aromatic rings. The number of sulfone groups is 1. The van der Waals surface area contributed by atoms with Crippen LogP contribution >= 0.6 is 31.9 Å². The van der Waals surface area contributed by atoms with E-state index < -0.39 is 9.84 Å². The second kappa shape index (κ2) is 8.39. The van der Waals surface area contributed by atoms with Gasteiger partial charge >= 0.3 is 0 Å². The van der Waals surface area contributed by atoms with Gasteiger partial charge in [0.25, 0.3) is 5.91 Å². The van der Waals surface area contributed by atoms with E-state index in [-0.39, 0.29) is 36.1 Å². The highest BCUT2D eigenvalue weighted by molar-refractivity contribution is 9.11. The van der Waals surface area contributed by atoms with Crippen LogP contribution in [0, 0.1) is 6.92 Å². The third kappa shape index (κ3) is 5.20. The molecule has 8 heteroatoms. The first-order chi connectivity index (χ1) is 11.6. The minimum atomic E-state index is -3.05. The Kier molecular flexibility index (Phi) is 6.95. The molecule has 0 aliphatic carbocycles. The summed E-state index contributed by atoms with van der Waals surface area (Å²) in [6.07, 6.45) is 1.26. The zero-order valence-corrected chi connectivity index (χ0v) is 18.6. The van der Waals surface area contributed by atoms with Gasteiger partial charge in [0.1, 0.15) is 5.75 Å². The highest BCUT2D eigenvalue weighted by Gasteiger charge is 2.36. The molecule has 0 bridgehead atoms. The van der Waals surface area contributed by atoms with Gasteiger partial charge in [0, 0.05) is 12.1 Å². The van der Waals surface area contributed by atoms with Crippen molar-refractivity contribution in [2.45, 2.75) is 45.7 Å². The maximum Gasteiger partial charge on any atom is 0.261 e. The SMILES string of the molecule is CC[C@@H](C)N(C(=O)COc1c(Br)cc(C)cc1Br)[C@@H]1CCS(=O)(=O)C1. The quantitative estimate of drug-likeness (QED) is 0.602. The van der Waals surface area contributed by atoms with Gasteiger partial charge in [-0.25, -0.2) is 8.42 Å². The highest BCUT2D eigenvalue weighted by atomic mass is 79.9. The van der Waals surface area contributed by atoms with E-state index in [2.05, 4.69) is 31.9 Å². The van der Waals surface area contributed by atoms with Crippen LogP contribution in [0.1, 0.15) is 32.3 Å². The van der Waals surface area contributed by atoms with Crippen molar-refractivity contribution >= 4 is 47.6 Å². The number of halogens is 2. The van der Waals surface area contributed by atoms with Crippen LogP contribution in [0.15, 0.2) is 21.1 Å². The maximum atomic E-state index is 12.8. The van der Waals surface area contributed by atoms with Crippen LogP contribution < -0.4 is 4.74 Å². The molecule has 1 aromatic carbocycles. The predicted octanol–water partition coefficient (Wildman–Crippen LogP) is 3.71. The average Bonchev–Trinajstić information content (AvgIpc) is 2.85. The number of rotatable bonds is 6. The van der Waals surface area contributed by atoms with E-state index in [1.54, 1.807) is 4.90 Å². The molecule has 0 aromatic heterocycles. The van der Waals surface area contributed by atoms with Crippen molar-refractivity contribution in [1.29, 1.82) is 0 Å². The van der Waals surface area contributed by atoms with Gasteiger partial charge < -0.3 is 9.64 Å². The molecule has 0 saturated carbocycles. The molecule has 0 radical (unpaired) electrons. The standard InChI is InChI=1S/C17H23Br2NO4S/c1-4-12(3)20(13-5-6-25(22,23)10-13)16(21)9-24-17-14(18)7-11(2)8-15(17)19/h7-8,12-13H,4-6,9-10H2,1-3H3/t12-,13-/m1/s1. The normalized spacial score (nSPS) is 20.3. The Morgan fingerprint density at radius 2 is 1.96 bits per heavy atom. The summed E-state index contributed by atoms with van der Waals surface area (Å²) in [6.45, 7) is 5.78. The molecular formula is C17H23Br2NO4S. The molecule has 0 unspecified atom stereocenters. The molecule has 1 aliphatic heterocycles. The third-order valence-electron chi connectivity index (χ3n) is 4.44. The third-order valence-corrected chi connectivity index (χ3v) is 7.37. The highest BCUT2D eigenvalue weighted by Crippen LogP contribution is 2.34. The van der Waals surface area contributed by atoms with Crippen molar-refractivity contribution in [3.05, 3.63) is 26.6 Å². The molecular weight excluding hydrogens is 474 g/mol. The summed E-state index contributed by atoms with van der Waals surface area (Å²) < 4.78 is 30.9. The smallest absolute Gasteiger partial charge is 0.261 e. The lowest BCUT2D eigenvalue weighted by molar-refractivity contribution is -0.137. The molecule has 1 fully saturated rings. The Balaban J connectivity index is 2.13. The molecule has 25 heavy (non-hydrogen) atoms. The number of carbonyl (C=O) groups is 1. The molecule has 1 heterocycles.